The van der Waals surface area contributed by atoms with E-state index in [4.69, 9.17) is 0 Å². The lowest BCUT2D eigenvalue weighted by Crippen LogP contribution is -1.98. The highest BCUT2D eigenvalue weighted by molar-refractivity contribution is 5.69. The second kappa shape index (κ2) is 4.83. The summed E-state index contributed by atoms with van der Waals surface area (Å²) in [6.45, 7) is 7.61. The maximum absolute atomic E-state index is 4.60. The van der Waals surface area contributed by atoms with Gasteiger partial charge < -0.3 is 4.57 Å². The van der Waals surface area contributed by atoms with Crippen LogP contribution in [-0.2, 0) is 7.05 Å². The zero-order valence-corrected chi connectivity index (χ0v) is 10.1. The van der Waals surface area contributed by atoms with Crippen molar-refractivity contribution >= 4 is 17.7 Å². The number of nitrogens with zero attached hydrogens (tertiary/aromatic N) is 2. The van der Waals surface area contributed by atoms with E-state index >= 15 is 0 Å². The average Bonchev–Trinajstić information content (AvgIpc) is 2.55. The van der Waals surface area contributed by atoms with Crippen molar-refractivity contribution in [2.24, 2.45) is 7.05 Å². The van der Waals surface area contributed by atoms with Crippen LogP contribution in [-0.4, -0.2) is 9.55 Å². The van der Waals surface area contributed by atoms with Crippen molar-refractivity contribution in [2.45, 2.75) is 6.42 Å². The Balaban J connectivity index is 2.52. The minimum atomic E-state index is 0.885. The maximum atomic E-state index is 4.60. The van der Waals surface area contributed by atoms with Gasteiger partial charge in [0.25, 0.3) is 0 Å². The van der Waals surface area contributed by atoms with Crippen LogP contribution in [0.5, 0.6) is 0 Å². The summed E-state index contributed by atoms with van der Waals surface area (Å²) in [5.41, 5.74) is 3.09. The van der Waals surface area contributed by atoms with Gasteiger partial charge in [0.2, 0.25) is 0 Å². The molecule has 0 unspecified atom stereocenters. The van der Waals surface area contributed by atoms with Gasteiger partial charge in [-0.1, -0.05) is 43.5 Å². The molecule has 0 aromatic carbocycles. The van der Waals surface area contributed by atoms with E-state index in [-0.39, 0.29) is 0 Å². The van der Waals surface area contributed by atoms with Gasteiger partial charge in [0, 0.05) is 7.05 Å². The SMILES string of the molecule is C=Cc1nc(C2=CC=CC=CC2)n(C)c1C=C. The molecule has 1 aromatic rings. The zero-order chi connectivity index (χ0) is 12.3. The predicted molar refractivity (Wildman–Crippen MR) is 74.3 cm³/mol. The van der Waals surface area contributed by atoms with Gasteiger partial charge >= 0.3 is 0 Å². The first-order chi connectivity index (χ1) is 8.27. The van der Waals surface area contributed by atoms with E-state index in [0.29, 0.717) is 0 Å². The molecular weight excluding hydrogens is 208 g/mol. The van der Waals surface area contributed by atoms with E-state index in [1.165, 1.54) is 5.57 Å². The predicted octanol–water partition coefficient (Wildman–Crippen LogP) is 3.61. The third-order valence-corrected chi connectivity index (χ3v) is 2.84. The third kappa shape index (κ3) is 2.07. The lowest BCUT2D eigenvalue weighted by atomic mass is 10.1. The van der Waals surface area contributed by atoms with Gasteiger partial charge in [0.05, 0.1) is 11.4 Å². The van der Waals surface area contributed by atoms with Gasteiger partial charge in [-0.05, 0) is 24.1 Å². The Hall–Kier alpha value is -2.09. The zero-order valence-electron chi connectivity index (χ0n) is 10.1. The monoisotopic (exact) mass is 224 g/mol. The van der Waals surface area contributed by atoms with Crippen LogP contribution >= 0.6 is 0 Å². The van der Waals surface area contributed by atoms with Crippen LogP contribution in [0.2, 0.25) is 0 Å². The Labute approximate surface area is 102 Å². The molecule has 0 radical (unpaired) electrons. The van der Waals surface area contributed by atoms with Crippen LogP contribution in [0.1, 0.15) is 23.6 Å². The molecule has 17 heavy (non-hydrogen) atoms. The molecule has 0 amide bonds. The van der Waals surface area contributed by atoms with Crippen LogP contribution in [0.15, 0.2) is 43.5 Å². The van der Waals surface area contributed by atoms with Gasteiger partial charge in [-0.2, -0.15) is 0 Å². The van der Waals surface area contributed by atoms with Gasteiger partial charge in [-0.15, -0.1) is 0 Å². The van der Waals surface area contributed by atoms with Crippen molar-refractivity contribution in [1.82, 2.24) is 9.55 Å². The number of hydrogen-bond acceptors (Lipinski definition) is 1. The molecule has 1 aromatic heterocycles. The van der Waals surface area contributed by atoms with Crippen LogP contribution in [0.4, 0.5) is 0 Å². The van der Waals surface area contributed by atoms with Crippen LogP contribution < -0.4 is 0 Å². The van der Waals surface area contributed by atoms with Gasteiger partial charge in [0.1, 0.15) is 5.82 Å². The summed E-state index contributed by atoms with van der Waals surface area (Å²) in [5.74, 6) is 0.978. The van der Waals surface area contributed by atoms with Gasteiger partial charge in [-0.3, -0.25) is 0 Å². The minimum Gasteiger partial charge on any atom is -0.327 e. The van der Waals surface area contributed by atoms with Crippen molar-refractivity contribution in [2.75, 3.05) is 0 Å². The Morgan fingerprint density at radius 3 is 2.71 bits per heavy atom. The number of aromatic nitrogens is 2. The smallest absolute Gasteiger partial charge is 0.137 e. The molecule has 0 fully saturated rings. The van der Waals surface area contributed by atoms with Crippen LogP contribution in [0, 0.1) is 0 Å². The van der Waals surface area contributed by atoms with Gasteiger partial charge in [0.15, 0.2) is 0 Å². The first-order valence-electron chi connectivity index (χ1n) is 5.62. The number of allylic oxidation sites excluding steroid dienone is 6. The molecule has 1 heterocycles. The summed E-state index contributed by atoms with van der Waals surface area (Å²) >= 11 is 0. The lowest BCUT2D eigenvalue weighted by molar-refractivity contribution is 0.875. The van der Waals surface area contributed by atoms with Crippen LogP contribution in [0.3, 0.4) is 0 Å². The van der Waals surface area contributed by atoms with Crippen molar-refractivity contribution in [3.63, 3.8) is 0 Å². The molecular formula is C15H16N2. The second-order valence-electron chi connectivity index (χ2n) is 3.88. The molecule has 0 N–H and O–H groups in total. The minimum absolute atomic E-state index is 0.885. The first-order valence-corrected chi connectivity index (χ1v) is 5.62. The van der Waals surface area contributed by atoms with E-state index in [1.807, 2.05) is 25.3 Å². The Morgan fingerprint density at radius 1 is 1.24 bits per heavy atom. The fourth-order valence-electron chi connectivity index (χ4n) is 1.95. The summed E-state index contributed by atoms with van der Waals surface area (Å²) in [6, 6.07) is 0. The molecule has 2 nitrogen and oxygen atoms in total. The quantitative estimate of drug-likeness (QED) is 0.767. The molecule has 1 aliphatic rings. The molecule has 0 saturated heterocycles. The highest BCUT2D eigenvalue weighted by atomic mass is 15.1. The molecule has 0 bridgehead atoms. The second-order valence-corrected chi connectivity index (χ2v) is 3.88. The highest BCUT2D eigenvalue weighted by Gasteiger charge is 2.13. The van der Waals surface area contributed by atoms with Crippen molar-refractivity contribution in [1.29, 1.82) is 0 Å². The average molecular weight is 224 g/mol. The summed E-state index contributed by atoms with van der Waals surface area (Å²) in [7, 11) is 2.01. The maximum Gasteiger partial charge on any atom is 0.137 e. The Bertz CT molecular complexity index is 540. The topological polar surface area (TPSA) is 17.8 Å². The molecule has 1 aliphatic carbocycles. The molecule has 0 atom stereocenters. The van der Waals surface area contributed by atoms with E-state index in [0.717, 1.165) is 23.6 Å². The van der Waals surface area contributed by atoms with Crippen molar-refractivity contribution in [3.8, 4) is 0 Å². The normalized spacial score (nSPS) is 14.3. The number of imidazole rings is 1. The molecule has 2 heteroatoms. The molecule has 2 rings (SSSR count). The summed E-state index contributed by atoms with van der Waals surface area (Å²) < 4.78 is 2.06. The lowest BCUT2D eigenvalue weighted by Gasteiger charge is -2.05. The van der Waals surface area contributed by atoms with Crippen LogP contribution in [0.25, 0.3) is 17.7 Å². The van der Waals surface area contributed by atoms with Gasteiger partial charge in [-0.25, -0.2) is 4.98 Å². The molecule has 0 saturated carbocycles. The standard InChI is InChI=1S/C15H16N2/c1-4-13-14(5-2)17(3)15(16-13)12-10-8-6-7-9-11-12/h4-10H,1-2,11H2,3H3. The summed E-state index contributed by atoms with van der Waals surface area (Å²) in [4.78, 5) is 4.60. The highest BCUT2D eigenvalue weighted by Crippen LogP contribution is 2.23. The Kier molecular flexibility index (Phi) is 3.24. The molecule has 0 spiro atoms. The van der Waals surface area contributed by atoms with Crippen molar-refractivity contribution in [3.05, 3.63) is 60.8 Å². The first kappa shape index (κ1) is 11.4. The number of rotatable bonds is 3. The fraction of sp³-hybridized carbons (Fsp3) is 0.133. The van der Waals surface area contributed by atoms with E-state index in [9.17, 15) is 0 Å². The van der Waals surface area contributed by atoms with Crippen molar-refractivity contribution < 1.29 is 0 Å². The Morgan fingerprint density at radius 2 is 2.06 bits per heavy atom. The van der Waals surface area contributed by atoms with E-state index in [2.05, 4.69) is 40.9 Å². The fourth-order valence-corrected chi connectivity index (χ4v) is 1.95. The summed E-state index contributed by atoms with van der Waals surface area (Å²) in [6.07, 6.45) is 14.8. The van der Waals surface area contributed by atoms with E-state index < -0.39 is 0 Å². The summed E-state index contributed by atoms with van der Waals surface area (Å²) in [5, 5.41) is 0. The molecule has 86 valence electrons. The molecule has 0 aliphatic heterocycles. The third-order valence-electron chi connectivity index (χ3n) is 2.84. The van der Waals surface area contributed by atoms with E-state index in [1.54, 1.807) is 6.08 Å². The largest absolute Gasteiger partial charge is 0.327 e. The number of hydrogen-bond donors (Lipinski definition) is 0.